The molecule has 1 aromatic carbocycles. The second-order valence-corrected chi connectivity index (χ2v) is 6.60. The van der Waals surface area contributed by atoms with Crippen LogP contribution in [0.3, 0.4) is 0 Å². The van der Waals surface area contributed by atoms with Crippen molar-refractivity contribution in [3.05, 3.63) is 24.3 Å². The SMILES string of the molecule is CS(=O)(=O)c1ccc(N(CCBr)CC(F)F)cc1. The molecule has 0 fully saturated rings. The molecule has 0 unspecified atom stereocenters. The average Bonchev–Trinajstić information content (AvgIpc) is 2.27. The number of halogens is 3. The van der Waals surface area contributed by atoms with Gasteiger partial charge in [-0.1, -0.05) is 15.9 Å². The van der Waals surface area contributed by atoms with Gasteiger partial charge in [-0.2, -0.15) is 0 Å². The summed E-state index contributed by atoms with van der Waals surface area (Å²) in [5.41, 5.74) is 0.585. The summed E-state index contributed by atoms with van der Waals surface area (Å²) in [6.45, 7) is 0.0619. The Morgan fingerprint density at radius 1 is 1.28 bits per heavy atom. The molecule has 0 aliphatic rings. The molecule has 7 heteroatoms. The van der Waals surface area contributed by atoms with E-state index in [-0.39, 0.29) is 11.4 Å². The van der Waals surface area contributed by atoms with Crippen LogP contribution in [0.1, 0.15) is 0 Å². The molecule has 0 spiro atoms. The molecule has 18 heavy (non-hydrogen) atoms. The third kappa shape index (κ3) is 4.53. The van der Waals surface area contributed by atoms with Crippen molar-refractivity contribution in [3.63, 3.8) is 0 Å². The van der Waals surface area contributed by atoms with E-state index in [2.05, 4.69) is 15.9 Å². The van der Waals surface area contributed by atoms with Gasteiger partial charge in [-0.05, 0) is 24.3 Å². The molecule has 3 nitrogen and oxygen atoms in total. The van der Waals surface area contributed by atoms with Gasteiger partial charge in [0.05, 0.1) is 11.4 Å². The van der Waals surface area contributed by atoms with Crippen LogP contribution in [0.25, 0.3) is 0 Å². The van der Waals surface area contributed by atoms with Crippen LogP contribution >= 0.6 is 15.9 Å². The van der Waals surface area contributed by atoms with E-state index in [1.807, 2.05) is 0 Å². The number of hydrogen-bond donors (Lipinski definition) is 0. The summed E-state index contributed by atoms with van der Waals surface area (Å²) in [5, 5.41) is 0.563. The molecule has 0 N–H and O–H groups in total. The Morgan fingerprint density at radius 3 is 2.22 bits per heavy atom. The molecule has 0 saturated heterocycles. The smallest absolute Gasteiger partial charge is 0.255 e. The Hall–Kier alpha value is -0.690. The summed E-state index contributed by atoms with van der Waals surface area (Å²) < 4.78 is 47.4. The predicted molar refractivity (Wildman–Crippen MR) is 71.6 cm³/mol. The summed E-state index contributed by atoms with van der Waals surface area (Å²) in [6.07, 6.45) is -1.32. The lowest BCUT2D eigenvalue weighted by molar-refractivity contribution is 0.155. The maximum absolute atomic E-state index is 12.4. The van der Waals surface area contributed by atoms with Crippen molar-refractivity contribution in [2.75, 3.05) is 29.6 Å². The minimum Gasteiger partial charge on any atom is -0.365 e. The third-order valence-electron chi connectivity index (χ3n) is 2.34. The number of benzene rings is 1. The van der Waals surface area contributed by atoms with Gasteiger partial charge in [0.1, 0.15) is 0 Å². The number of anilines is 1. The highest BCUT2D eigenvalue weighted by Crippen LogP contribution is 2.19. The Morgan fingerprint density at radius 2 is 1.83 bits per heavy atom. The van der Waals surface area contributed by atoms with Gasteiger partial charge in [-0.15, -0.1) is 0 Å². The molecule has 0 radical (unpaired) electrons. The molecular formula is C11H14BrF2NO2S. The van der Waals surface area contributed by atoms with Crippen LogP contribution in [0.5, 0.6) is 0 Å². The van der Waals surface area contributed by atoms with Gasteiger partial charge in [0.2, 0.25) is 0 Å². The van der Waals surface area contributed by atoms with Crippen molar-refractivity contribution < 1.29 is 17.2 Å². The zero-order valence-corrected chi connectivity index (χ0v) is 12.2. The zero-order valence-electron chi connectivity index (χ0n) is 9.81. The van der Waals surface area contributed by atoms with Crippen LogP contribution in [0.2, 0.25) is 0 Å². The summed E-state index contributed by atoms with van der Waals surface area (Å²) in [7, 11) is -3.26. The largest absolute Gasteiger partial charge is 0.365 e. The number of alkyl halides is 3. The first-order valence-corrected chi connectivity index (χ1v) is 8.25. The summed E-state index contributed by atoms with van der Waals surface area (Å²) in [5.74, 6) is 0. The van der Waals surface area contributed by atoms with E-state index in [1.165, 1.54) is 17.0 Å². The highest BCUT2D eigenvalue weighted by Gasteiger charge is 2.13. The lowest BCUT2D eigenvalue weighted by Crippen LogP contribution is -2.30. The van der Waals surface area contributed by atoms with Gasteiger partial charge in [-0.25, -0.2) is 17.2 Å². The van der Waals surface area contributed by atoms with E-state index in [1.54, 1.807) is 12.1 Å². The fourth-order valence-electron chi connectivity index (χ4n) is 1.50. The van der Waals surface area contributed by atoms with Crippen LogP contribution in [0.4, 0.5) is 14.5 Å². The lowest BCUT2D eigenvalue weighted by Gasteiger charge is -2.23. The normalized spacial score (nSPS) is 11.8. The highest BCUT2D eigenvalue weighted by molar-refractivity contribution is 9.09. The van der Waals surface area contributed by atoms with Crippen molar-refractivity contribution in [2.45, 2.75) is 11.3 Å². The maximum atomic E-state index is 12.4. The first-order valence-electron chi connectivity index (χ1n) is 5.24. The first-order chi connectivity index (χ1) is 8.34. The van der Waals surface area contributed by atoms with Crippen LogP contribution in [-0.4, -0.2) is 39.5 Å². The van der Waals surface area contributed by atoms with Crippen LogP contribution in [-0.2, 0) is 9.84 Å². The van der Waals surface area contributed by atoms with Crippen molar-refractivity contribution in [2.24, 2.45) is 0 Å². The fraction of sp³-hybridized carbons (Fsp3) is 0.455. The first kappa shape index (κ1) is 15.4. The predicted octanol–water partition coefficient (Wildman–Crippen LogP) is 2.56. The highest BCUT2D eigenvalue weighted by atomic mass is 79.9. The second kappa shape index (κ2) is 6.47. The van der Waals surface area contributed by atoms with E-state index in [9.17, 15) is 17.2 Å². The molecule has 0 aromatic heterocycles. The summed E-state index contributed by atoms with van der Waals surface area (Å²) >= 11 is 3.20. The summed E-state index contributed by atoms with van der Waals surface area (Å²) in [4.78, 5) is 1.69. The van der Waals surface area contributed by atoms with E-state index < -0.39 is 16.3 Å². The minimum absolute atomic E-state index is 0.182. The molecule has 0 bridgehead atoms. The van der Waals surface area contributed by atoms with Crippen molar-refractivity contribution in [3.8, 4) is 0 Å². The van der Waals surface area contributed by atoms with Crippen LogP contribution < -0.4 is 4.90 Å². The fourth-order valence-corrected chi connectivity index (χ4v) is 2.56. The Kier molecular flexibility index (Phi) is 5.52. The van der Waals surface area contributed by atoms with Gasteiger partial charge >= 0.3 is 0 Å². The lowest BCUT2D eigenvalue weighted by atomic mass is 10.3. The van der Waals surface area contributed by atoms with E-state index in [0.717, 1.165) is 6.26 Å². The number of nitrogens with zero attached hydrogens (tertiary/aromatic N) is 1. The molecule has 102 valence electrons. The van der Waals surface area contributed by atoms with Crippen LogP contribution in [0, 0.1) is 0 Å². The van der Waals surface area contributed by atoms with Crippen molar-refractivity contribution in [1.82, 2.24) is 0 Å². The van der Waals surface area contributed by atoms with E-state index in [0.29, 0.717) is 17.6 Å². The molecule has 0 atom stereocenters. The quantitative estimate of drug-likeness (QED) is 0.746. The standard InChI is InChI=1S/C11H14BrF2NO2S/c1-18(16,17)10-4-2-9(3-5-10)15(7-6-12)8-11(13)14/h2-5,11H,6-8H2,1H3. The third-order valence-corrected chi connectivity index (χ3v) is 3.83. The second-order valence-electron chi connectivity index (χ2n) is 3.79. The monoisotopic (exact) mass is 341 g/mol. The molecule has 0 heterocycles. The van der Waals surface area contributed by atoms with E-state index in [4.69, 9.17) is 0 Å². The number of sulfone groups is 1. The molecule has 0 amide bonds. The number of rotatable bonds is 6. The Labute approximate surface area is 114 Å². The minimum atomic E-state index is -3.26. The van der Waals surface area contributed by atoms with Gasteiger partial charge in [-0.3, -0.25) is 0 Å². The van der Waals surface area contributed by atoms with Crippen molar-refractivity contribution in [1.29, 1.82) is 0 Å². The van der Waals surface area contributed by atoms with Crippen LogP contribution in [0.15, 0.2) is 29.2 Å². The van der Waals surface area contributed by atoms with Crippen molar-refractivity contribution >= 4 is 31.5 Å². The summed E-state index contributed by atoms with van der Waals surface area (Å²) in [6, 6.07) is 5.94. The average molecular weight is 342 g/mol. The zero-order chi connectivity index (χ0) is 13.8. The Balaban J connectivity index is 2.93. The molecule has 0 aliphatic heterocycles. The molecular weight excluding hydrogens is 328 g/mol. The van der Waals surface area contributed by atoms with Gasteiger partial charge in [0.15, 0.2) is 9.84 Å². The molecule has 0 aliphatic carbocycles. The number of hydrogen-bond acceptors (Lipinski definition) is 3. The van der Waals surface area contributed by atoms with Gasteiger partial charge in [0, 0.05) is 23.8 Å². The van der Waals surface area contributed by atoms with Gasteiger partial charge in [0.25, 0.3) is 6.43 Å². The molecule has 1 rings (SSSR count). The van der Waals surface area contributed by atoms with E-state index >= 15 is 0 Å². The Bertz CT molecular complexity index is 476. The van der Waals surface area contributed by atoms with Gasteiger partial charge < -0.3 is 4.90 Å². The molecule has 1 aromatic rings. The maximum Gasteiger partial charge on any atom is 0.255 e. The topological polar surface area (TPSA) is 37.4 Å². The molecule has 0 saturated carbocycles.